The van der Waals surface area contributed by atoms with E-state index < -0.39 is 0 Å². The predicted octanol–water partition coefficient (Wildman–Crippen LogP) is 3.05. The summed E-state index contributed by atoms with van der Waals surface area (Å²) in [7, 11) is 0. The third-order valence-corrected chi connectivity index (χ3v) is 4.05. The van der Waals surface area contributed by atoms with Crippen LogP contribution in [0.5, 0.6) is 0 Å². The van der Waals surface area contributed by atoms with Crippen LogP contribution in [0.3, 0.4) is 0 Å². The van der Waals surface area contributed by atoms with E-state index in [1.807, 2.05) is 24.3 Å². The second-order valence-electron chi connectivity index (χ2n) is 4.57. The highest BCUT2D eigenvalue weighted by molar-refractivity contribution is 7.98. The predicted molar refractivity (Wildman–Crippen MR) is 87.5 cm³/mol. The molecule has 1 aromatic heterocycles. The van der Waals surface area contributed by atoms with Gasteiger partial charge in [0.25, 0.3) is 0 Å². The maximum Gasteiger partial charge on any atom is 0.373 e. The lowest BCUT2D eigenvalue weighted by atomic mass is 10.0. The Hall–Kier alpha value is -3.20. The van der Waals surface area contributed by atoms with Crippen LogP contribution in [0.4, 0.5) is 0 Å². The first kappa shape index (κ1) is 17.2. The fourth-order valence-corrected chi connectivity index (χ4v) is 2.69. The smallest absolute Gasteiger partial charge is 0.197 e. The lowest BCUT2D eigenvalue weighted by Gasteiger charge is -2.04. The summed E-state index contributed by atoms with van der Waals surface area (Å²) in [6.07, 6.45) is 1.97. The molecule has 6 nitrogen and oxygen atoms in total. The van der Waals surface area contributed by atoms with Crippen LogP contribution in [-0.2, 0) is 15.3 Å². The number of nitrogens with zero attached hydrogens (tertiary/aromatic N) is 3. The van der Waals surface area contributed by atoms with Gasteiger partial charge < -0.3 is 0 Å². The van der Waals surface area contributed by atoms with E-state index in [0.29, 0.717) is 5.56 Å². The summed E-state index contributed by atoms with van der Waals surface area (Å²) in [5.41, 5.74) is 4.18. The van der Waals surface area contributed by atoms with Gasteiger partial charge in [-0.15, -0.1) is 5.10 Å². The van der Waals surface area contributed by atoms with Crippen molar-refractivity contribution in [3.63, 3.8) is 0 Å². The number of nitrogens with one attached hydrogen (secondary N) is 1. The first-order valence-electron chi connectivity index (χ1n) is 6.84. The van der Waals surface area contributed by atoms with Crippen molar-refractivity contribution < 1.29 is 9.59 Å². The molecule has 0 amide bonds. The highest BCUT2D eigenvalue weighted by Crippen LogP contribution is 2.23. The number of aromatic nitrogens is 3. The molecule has 3 aromatic rings. The SMILES string of the molecule is N#Cc1ccc(-c2ccc(CSc3cn[nH]n3)cc2)cc1.O=C=O. The monoisotopic (exact) mass is 336 g/mol. The van der Waals surface area contributed by atoms with Crippen molar-refractivity contribution in [2.75, 3.05) is 0 Å². The first-order chi connectivity index (χ1) is 11.8. The Bertz CT molecular complexity index is 832. The van der Waals surface area contributed by atoms with Gasteiger partial charge in [-0.3, -0.25) is 0 Å². The Labute approximate surface area is 142 Å². The lowest BCUT2D eigenvalue weighted by molar-refractivity contribution is -0.191. The molecule has 3 rings (SSSR count). The van der Waals surface area contributed by atoms with Gasteiger partial charge in [0, 0.05) is 5.75 Å². The number of benzene rings is 2. The molecule has 24 heavy (non-hydrogen) atoms. The Balaban J connectivity index is 0.000000647. The number of hydrogen-bond acceptors (Lipinski definition) is 6. The van der Waals surface area contributed by atoms with E-state index in [1.165, 1.54) is 5.56 Å². The Morgan fingerprint density at radius 3 is 2.08 bits per heavy atom. The summed E-state index contributed by atoms with van der Waals surface area (Å²) < 4.78 is 0. The molecule has 2 aromatic carbocycles. The molecule has 7 heteroatoms. The van der Waals surface area contributed by atoms with E-state index in [2.05, 4.69) is 45.7 Å². The quantitative estimate of drug-likeness (QED) is 0.735. The minimum Gasteiger partial charge on any atom is -0.197 e. The highest BCUT2D eigenvalue weighted by Gasteiger charge is 2.01. The van der Waals surface area contributed by atoms with E-state index in [-0.39, 0.29) is 6.15 Å². The van der Waals surface area contributed by atoms with Crippen LogP contribution < -0.4 is 0 Å². The maximum atomic E-state index is 8.81. The molecule has 0 aliphatic heterocycles. The average Bonchev–Trinajstić information content (AvgIpc) is 3.15. The zero-order valence-electron chi connectivity index (χ0n) is 12.5. The number of aromatic amines is 1. The lowest BCUT2D eigenvalue weighted by Crippen LogP contribution is -1.83. The summed E-state index contributed by atoms with van der Waals surface area (Å²) in [6, 6.07) is 18.2. The van der Waals surface area contributed by atoms with E-state index in [4.69, 9.17) is 14.9 Å². The molecule has 0 atom stereocenters. The van der Waals surface area contributed by atoms with Crippen LogP contribution in [0.1, 0.15) is 11.1 Å². The van der Waals surface area contributed by atoms with Gasteiger partial charge >= 0.3 is 6.15 Å². The Morgan fingerprint density at radius 2 is 1.58 bits per heavy atom. The van der Waals surface area contributed by atoms with E-state index in [1.54, 1.807) is 18.0 Å². The molecular weight excluding hydrogens is 324 g/mol. The molecule has 118 valence electrons. The second-order valence-corrected chi connectivity index (χ2v) is 5.56. The normalized spacial score (nSPS) is 9.29. The van der Waals surface area contributed by atoms with Crippen LogP contribution in [-0.4, -0.2) is 21.6 Å². The second kappa shape index (κ2) is 9.06. The van der Waals surface area contributed by atoms with Crippen molar-refractivity contribution >= 4 is 17.9 Å². The van der Waals surface area contributed by atoms with Crippen LogP contribution in [0.15, 0.2) is 59.8 Å². The number of nitriles is 1. The molecule has 0 spiro atoms. The Morgan fingerprint density at radius 1 is 1.00 bits per heavy atom. The Kier molecular flexibility index (Phi) is 6.47. The highest BCUT2D eigenvalue weighted by atomic mass is 32.2. The van der Waals surface area contributed by atoms with E-state index >= 15 is 0 Å². The molecule has 0 bridgehead atoms. The van der Waals surface area contributed by atoms with Crippen molar-refractivity contribution in [1.82, 2.24) is 15.4 Å². The summed E-state index contributed by atoms with van der Waals surface area (Å²) in [6.45, 7) is 0. The fourth-order valence-electron chi connectivity index (χ4n) is 1.95. The maximum absolute atomic E-state index is 8.81. The van der Waals surface area contributed by atoms with Gasteiger partial charge in [-0.2, -0.15) is 25.2 Å². The third-order valence-electron chi connectivity index (χ3n) is 3.08. The van der Waals surface area contributed by atoms with E-state index in [9.17, 15) is 0 Å². The minimum atomic E-state index is 0.250. The molecule has 0 saturated carbocycles. The molecule has 1 heterocycles. The van der Waals surface area contributed by atoms with Crippen LogP contribution in [0.25, 0.3) is 11.1 Å². The van der Waals surface area contributed by atoms with Crippen molar-refractivity contribution in [3.05, 3.63) is 65.9 Å². The number of carbonyl (C=O) groups excluding carboxylic acids is 2. The van der Waals surface area contributed by atoms with Gasteiger partial charge in [0.1, 0.15) is 5.03 Å². The number of thioether (sulfide) groups is 1. The molecule has 1 N–H and O–H groups in total. The van der Waals surface area contributed by atoms with Gasteiger partial charge in [0.15, 0.2) is 0 Å². The van der Waals surface area contributed by atoms with Gasteiger partial charge in [-0.25, -0.2) is 0 Å². The van der Waals surface area contributed by atoms with Gasteiger partial charge in [0.2, 0.25) is 0 Å². The molecular formula is C17H12N4O2S. The largest absolute Gasteiger partial charge is 0.373 e. The van der Waals surface area contributed by atoms with Gasteiger partial charge in [0.05, 0.1) is 17.8 Å². The fraction of sp³-hybridized carbons (Fsp3) is 0.0588. The first-order valence-corrected chi connectivity index (χ1v) is 7.82. The van der Waals surface area contributed by atoms with Gasteiger partial charge in [-0.05, 0) is 28.8 Å². The van der Waals surface area contributed by atoms with Crippen molar-refractivity contribution in [1.29, 1.82) is 5.26 Å². The van der Waals surface area contributed by atoms with Crippen molar-refractivity contribution in [3.8, 4) is 17.2 Å². The van der Waals surface area contributed by atoms with E-state index in [0.717, 1.165) is 21.9 Å². The summed E-state index contributed by atoms with van der Waals surface area (Å²) in [5.74, 6) is 0.861. The molecule has 0 saturated heterocycles. The summed E-state index contributed by atoms with van der Waals surface area (Å²) in [5, 5.41) is 20.1. The van der Waals surface area contributed by atoms with Crippen molar-refractivity contribution in [2.24, 2.45) is 0 Å². The summed E-state index contributed by atoms with van der Waals surface area (Å²) >= 11 is 1.65. The number of hydrogen-bond donors (Lipinski definition) is 1. The number of H-pyrrole nitrogens is 1. The third kappa shape index (κ3) is 4.92. The molecule has 0 aliphatic rings. The zero-order chi connectivity index (χ0) is 17.2. The number of rotatable bonds is 4. The van der Waals surface area contributed by atoms with Crippen LogP contribution in [0, 0.1) is 11.3 Å². The molecule has 0 aliphatic carbocycles. The topological polar surface area (TPSA) is 99.5 Å². The van der Waals surface area contributed by atoms with Crippen LogP contribution in [0.2, 0.25) is 0 Å². The molecule has 0 unspecified atom stereocenters. The van der Waals surface area contributed by atoms with Crippen LogP contribution >= 0.6 is 11.8 Å². The average molecular weight is 336 g/mol. The van der Waals surface area contributed by atoms with Crippen molar-refractivity contribution in [2.45, 2.75) is 10.8 Å². The zero-order valence-corrected chi connectivity index (χ0v) is 13.3. The molecule has 0 fully saturated rings. The van der Waals surface area contributed by atoms with Gasteiger partial charge in [-0.1, -0.05) is 48.2 Å². The summed E-state index contributed by atoms with van der Waals surface area (Å²) in [4.78, 5) is 16.2. The minimum absolute atomic E-state index is 0.250. The molecule has 0 radical (unpaired) electrons. The standard InChI is InChI=1S/C16H12N4S.CO2/c17-9-12-1-5-14(6-2-12)15-7-3-13(4-8-15)11-21-16-10-18-20-19-16;2-1-3/h1-8,10H,11H2,(H,18,19,20);.